The summed E-state index contributed by atoms with van der Waals surface area (Å²) in [5.74, 6) is 0.367. The van der Waals surface area contributed by atoms with E-state index in [0.29, 0.717) is 17.6 Å². The van der Waals surface area contributed by atoms with E-state index in [2.05, 4.69) is 4.90 Å². The Bertz CT molecular complexity index is 1180. The average molecular weight is 452 g/mol. The monoisotopic (exact) mass is 451 g/mol. The van der Waals surface area contributed by atoms with Crippen LogP contribution < -0.4 is 10.5 Å². The van der Waals surface area contributed by atoms with Crippen molar-refractivity contribution in [3.63, 3.8) is 0 Å². The first kappa shape index (κ1) is 22.8. The van der Waals surface area contributed by atoms with Gasteiger partial charge >= 0.3 is 12.1 Å². The molecule has 1 saturated heterocycles. The maximum absolute atomic E-state index is 11.8. The minimum absolute atomic E-state index is 0.0584. The molecule has 2 heterocycles. The molecule has 8 nitrogen and oxygen atoms in total. The number of aryl methyl sites for hydroxylation is 1. The van der Waals surface area contributed by atoms with E-state index in [1.807, 2.05) is 31.2 Å². The molecule has 33 heavy (non-hydrogen) atoms. The first-order valence-corrected chi connectivity index (χ1v) is 10.9. The fraction of sp³-hybridized carbons (Fsp3) is 0.360. The summed E-state index contributed by atoms with van der Waals surface area (Å²) >= 11 is 0. The molecule has 174 valence electrons. The molecule has 3 N–H and O–H groups in total. The van der Waals surface area contributed by atoms with Gasteiger partial charge in [0.1, 0.15) is 5.75 Å². The zero-order chi connectivity index (χ0) is 23.7. The van der Waals surface area contributed by atoms with Crippen molar-refractivity contribution in [3.8, 4) is 5.75 Å². The number of aromatic nitrogens is 1. The Morgan fingerprint density at radius 2 is 1.91 bits per heavy atom. The molecule has 0 bridgehead atoms. The van der Waals surface area contributed by atoms with Gasteiger partial charge in [-0.15, -0.1) is 0 Å². The molecule has 2 aromatic carbocycles. The predicted octanol–water partition coefficient (Wildman–Crippen LogP) is 3.94. The lowest BCUT2D eigenvalue weighted by atomic mass is 9.91. The molecule has 0 amide bonds. The molecule has 0 saturated carbocycles. The Morgan fingerprint density at radius 3 is 2.55 bits per heavy atom. The first-order valence-electron chi connectivity index (χ1n) is 10.9. The van der Waals surface area contributed by atoms with Gasteiger partial charge in [0, 0.05) is 42.3 Å². The molecule has 3 aromatic rings. The molecule has 8 heteroatoms. The van der Waals surface area contributed by atoms with Crippen molar-refractivity contribution >= 4 is 23.0 Å². The zero-order valence-electron chi connectivity index (χ0n) is 19.1. The van der Waals surface area contributed by atoms with Crippen molar-refractivity contribution in [2.24, 2.45) is 5.73 Å². The van der Waals surface area contributed by atoms with Crippen molar-refractivity contribution < 1.29 is 24.2 Å². The van der Waals surface area contributed by atoms with E-state index in [1.54, 1.807) is 25.4 Å². The van der Waals surface area contributed by atoms with Crippen LogP contribution in [0.1, 0.15) is 45.9 Å². The largest absolute Gasteiger partial charge is 0.496 e. The smallest absolute Gasteiger partial charge is 0.416 e. The lowest BCUT2D eigenvalue weighted by molar-refractivity contribution is 0.0600. The van der Waals surface area contributed by atoms with E-state index in [4.69, 9.17) is 15.2 Å². The Hall–Kier alpha value is -3.36. The van der Waals surface area contributed by atoms with E-state index in [1.165, 1.54) is 11.7 Å². The highest BCUT2D eigenvalue weighted by Crippen LogP contribution is 2.37. The van der Waals surface area contributed by atoms with Gasteiger partial charge in [0.2, 0.25) is 0 Å². The van der Waals surface area contributed by atoms with E-state index in [9.17, 15) is 14.7 Å². The summed E-state index contributed by atoms with van der Waals surface area (Å²) in [7, 11) is 3.00. The van der Waals surface area contributed by atoms with Gasteiger partial charge in [-0.25, -0.2) is 9.59 Å². The van der Waals surface area contributed by atoms with Crippen molar-refractivity contribution in [2.75, 3.05) is 20.8 Å². The predicted molar refractivity (Wildman–Crippen MR) is 125 cm³/mol. The molecule has 1 aliphatic rings. The summed E-state index contributed by atoms with van der Waals surface area (Å²) in [6.07, 6.45) is 2.21. The summed E-state index contributed by atoms with van der Waals surface area (Å²) in [4.78, 5) is 25.9. The Kier molecular flexibility index (Phi) is 6.40. The summed E-state index contributed by atoms with van der Waals surface area (Å²) in [5.41, 5.74) is 10.4. The average Bonchev–Trinajstić information content (AvgIpc) is 3.27. The van der Waals surface area contributed by atoms with E-state index >= 15 is 0 Å². The second-order valence-electron chi connectivity index (χ2n) is 8.49. The third kappa shape index (κ3) is 4.31. The van der Waals surface area contributed by atoms with Gasteiger partial charge in [0.25, 0.3) is 0 Å². The molecule has 4 rings (SSSR count). The number of likely N-dealkylation sites (tertiary alicyclic amines) is 1. The minimum atomic E-state index is -1.02. The number of rotatable bonds is 5. The number of hydrogen-bond acceptors (Lipinski definition) is 6. The summed E-state index contributed by atoms with van der Waals surface area (Å²) < 4.78 is 11.8. The summed E-state index contributed by atoms with van der Waals surface area (Å²) in [6, 6.07) is 11.3. The number of nitrogens with zero attached hydrogens (tertiary/aromatic N) is 2. The second kappa shape index (κ2) is 9.25. The lowest BCUT2D eigenvalue weighted by Gasteiger charge is -2.39. The van der Waals surface area contributed by atoms with Crippen LogP contribution in [0.4, 0.5) is 4.79 Å². The van der Waals surface area contributed by atoms with Crippen LogP contribution in [-0.4, -0.2) is 53.4 Å². The van der Waals surface area contributed by atoms with Crippen LogP contribution in [0, 0.1) is 6.92 Å². The van der Waals surface area contributed by atoms with Crippen LogP contribution in [0.15, 0.2) is 42.6 Å². The van der Waals surface area contributed by atoms with Gasteiger partial charge in [-0.1, -0.05) is 12.1 Å². The highest BCUT2D eigenvalue weighted by atomic mass is 16.5. The summed E-state index contributed by atoms with van der Waals surface area (Å²) in [5, 5.41) is 10.5. The van der Waals surface area contributed by atoms with Gasteiger partial charge in [-0.05, 0) is 55.2 Å². The molecule has 0 unspecified atom stereocenters. The standard InChI is InChI=1S/C25H29N3O5/c1-15-12-22(32-2)20(19-9-11-28(23(15)19)25(30)31)14-27-10-8-18(26)13-21(27)16-4-6-17(7-5-16)24(29)33-3/h4-7,9,11-12,18,21H,8,10,13-14,26H2,1-3H3,(H,30,31)/t18-,21-/m1/s1. The zero-order valence-corrected chi connectivity index (χ0v) is 19.1. The van der Waals surface area contributed by atoms with Crippen molar-refractivity contribution in [1.29, 1.82) is 0 Å². The third-order valence-corrected chi connectivity index (χ3v) is 6.49. The van der Waals surface area contributed by atoms with Gasteiger partial charge < -0.3 is 20.3 Å². The van der Waals surface area contributed by atoms with Gasteiger partial charge in [0.05, 0.1) is 25.3 Å². The van der Waals surface area contributed by atoms with Crippen LogP contribution in [0.2, 0.25) is 0 Å². The van der Waals surface area contributed by atoms with Gasteiger partial charge in [-0.3, -0.25) is 9.47 Å². The number of hydrogen-bond donors (Lipinski definition) is 2. The fourth-order valence-corrected chi connectivity index (χ4v) is 4.81. The molecular weight excluding hydrogens is 422 g/mol. The van der Waals surface area contributed by atoms with E-state index in [-0.39, 0.29) is 18.1 Å². The number of esters is 1. The number of ether oxygens (including phenoxy) is 2. The van der Waals surface area contributed by atoms with Crippen molar-refractivity contribution in [3.05, 3.63) is 64.8 Å². The van der Waals surface area contributed by atoms with Crippen LogP contribution in [0.5, 0.6) is 5.75 Å². The normalized spacial score (nSPS) is 18.9. The van der Waals surface area contributed by atoms with Crippen LogP contribution in [0.25, 0.3) is 10.9 Å². The minimum Gasteiger partial charge on any atom is -0.496 e. The SMILES string of the molecule is COC(=O)c1ccc([C@H]2C[C@H](N)CCN2Cc2c(OC)cc(C)c3c2ccn3C(=O)O)cc1. The number of benzene rings is 2. The molecule has 0 aliphatic carbocycles. The molecule has 1 fully saturated rings. The maximum Gasteiger partial charge on any atom is 0.416 e. The molecular formula is C25H29N3O5. The number of nitrogens with two attached hydrogens (primary N) is 1. The number of carbonyl (C=O) groups is 2. The number of methoxy groups -OCH3 is 2. The summed E-state index contributed by atoms with van der Waals surface area (Å²) in [6.45, 7) is 3.27. The third-order valence-electron chi connectivity index (χ3n) is 6.49. The van der Waals surface area contributed by atoms with Crippen molar-refractivity contribution in [2.45, 2.75) is 38.4 Å². The second-order valence-corrected chi connectivity index (χ2v) is 8.49. The number of piperidine rings is 1. The van der Waals surface area contributed by atoms with Crippen LogP contribution >= 0.6 is 0 Å². The maximum atomic E-state index is 11.8. The van der Waals surface area contributed by atoms with Crippen molar-refractivity contribution in [1.82, 2.24) is 9.47 Å². The Labute approximate surface area is 192 Å². The van der Waals surface area contributed by atoms with Gasteiger partial charge in [0.15, 0.2) is 0 Å². The number of carboxylic acid groups (broad SMARTS) is 1. The highest BCUT2D eigenvalue weighted by molar-refractivity contribution is 5.94. The van der Waals surface area contributed by atoms with Crippen LogP contribution in [0.3, 0.4) is 0 Å². The Morgan fingerprint density at radius 1 is 1.18 bits per heavy atom. The molecule has 1 aromatic heterocycles. The van der Waals surface area contributed by atoms with E-state index < -0.39 is 6.09 Å². The Balaban J connectivity index is 1.73. The van der Waals surface area contributed by atoms with Crippen LogP contribution in [-0.2, 0) is 11.3 Å². The number of fused-ring (bicyclic) bond motifs is 1. The lowest BCUT2D eigenvalue weighted by Crippen LogP contribution is -2.41. The first-order chi connectivity index (χ1) is 15.8. The molecule has 0 radical (unpaired) electrons. The van der Waals surface area contributed by atoms with Gasteiger partial charge in [-0.2, -0.15) is 0 Å². The number of carbonyl (C=O) groups excluding carboxylic acids is 1. The molecule has 2 atom stereocenters. The topological polar surface area (TPSA) is 107 Å². The highest BCUT2D eigenvalue weighted by Gasteiger charge is 2.30. The van der Waals surface area contributed by atoms with E-state index in [0.717, 1.165) is 47.2 Å². The fourth-order valence-electron chi connectivity index (χ4n) is 4.81. The molecule has 0 spiro atoms. The quantitative estimate of drug-likeness (QED) is 0.566. The molecule has 1 aliphatic heterocycles.